The Labute approximate surface area is 148 Å². The van der Waals surface area contributed by atoms with Crippen LogP contribution in [0.25, 0.3) is 16.9 Å². The van der Waals surface area contributed by atoms with Gasteiger partial charge in [0, 0.05) is 10.5 Å². The molecule has 0 spiro atoms. The van der Waals surface area contributed by atoms with Crippen LogP contribution in [0.2, 0.25) is 0 Å². The average molecular weight is 376 g/mol. The lowest BCUT2D eigenvalue weighted by Gasteiger charge is -2.10. The molecule has 0 saturated carbocycles. The first-order chi connectivity index (χ1) is 12.4. The number of halogens is 3. The summed E-state index contributed by atoms with van der Waals surface area (Å²) in [5.74, 6) is -0.519. The highest BCUT2D eigenvalue weighted by molar-refractivity contribution is 7.79. The van der Waals surface area contributed by atoms with Gasteiger partial charge in [-0.25, -0.2) is 17.9 Å². The minimum atomic E-state index is -2.99. The highest BCUT2D eigenvalue weighted by atomic mass is 32.2. The number of hydrogen-bond acceptors (Lipinski definition) is 4. The summed E-state index contributed by atoms with van der Waals surface area (Å²) in [7, 11) is 0. The van der Waals surface area contributed by atoms with E-state index in [0.29, 0.717) is 5.56 Å². The Morgan fingerprint density at radius 1 is 1.12 bits per heavy atom. The Bertz CT molecular complexity index is 1010. The molecule has 0 aliphatic rings. The maximum Gasteiger partial charge on any atom is 0.283 e. The zero-order chi connectivity index (χ0) is 18.8. The van der Waals surface area contributed by atoms with E-state index in [2.05, 4.69) is 5.10 Å². The molecule has 2 aromatic carbocycles. The summed E-state index contributed by atoms with van der Waals surface area (Å²) in [6.07, 6.45) is -2.99. The molecular weight excluding hydrogens is 367 g/mol. The van der Waals surface area contributed by atoms with Crippen molar-refractivity contribution in [3.8, 4) is 23.0 Å². The molecular formula is C17H9F3N3O2S-. The number of aromatic nitrogens is 2. The molecule has 0 aliphatic heterocycles. The summed E-state index contributed by atoms with van der Waals surface area (Å²) >= 11 is -2.44. The number of nitriles is 1. The third kappa shape index (κ3) is 3.24. The molecule has 0 amide bonds. The minimum Gasteiger partial charge on any atom is -0.768 e. The first kappa shape index (κ1) is 17.8. The fourth-order valence-corrected chi connectivity index (χ4v) is 2.82. The minimum absolute atomic E-state index is 0.0128. The summed E-state index contributed by atoms with van der Waals surface area (Å²) in [6.45, 7) is 0. The van der Waals surface area contributed by atoms with Crippen molar-refractivity contribution in [2.24, 2.45) is 0 Å². The maximum absolute atomic E-state index is 13.3. The van der Waals surface area contributed by atoms with Crippen LogP contribution in [0, 0.1) is 17.1 Å². The van der Waals surface area contributed by atoms with Gasteiger partial charge in [-0.05, 0) is 59.6 Å². The van der Waals surface area contributed by atoms with E-state index in [9.17, 15) is 27.2 Å². The molecule has 0 saturated heterocycles. The normalized spacial score (nSPS) is 12.2. The number of rotatable bonds is 4. The molecule has 3 aromatic rings. The highest BCUT2D eigenvalue weighted by Gasteiger charge is 2.25. The second kappa shape index (κ2) is 7.11. The molecule has 0 aliphatic carbocycles. The molecule has 1 unspecified atom stereocenters. The third-order valence-corrected chi connectivity index (χ3v) is 4.28. The molecule has 0 N–H and O–H groups in total. The molecule has 0 radical (unpaired) electrons. The predicted molar refractivity (Wildman–Crippen MR) is 85.8 cm³/mol. The lowest BCUT2D eigenvalue weighted by atomic mass is 10.1. The Morgan fingerprint density at radius 2 is 1.73 bits per heavy atom. The van der Waals surface area contributed by atoms with Gasteiger partial charge in [-0.3, -0.25) is 4.21 Å². The van der Waals surface area contributed by atoms with Crippen molar-refractivity contribution in [1.82, 2.24) is 9.78 Å². The van der Waals surface area contributed by atoms with Crippen molar-refractivity contribution in [2.75, 3.05) is 0 Å². The Kier molecular flexibility index (Phi) is 4.88. The van der Waals surface area contributed by atoms with E-state index in [-0.39, 0.29) is 21.8 Å². The standard InChI is InChI=1S/C17H10F3N3O2S/c18-11-3-1-10(2-4-11)16-14(9-21)15(17(19)20)22-23(16)12-5-7-13(8-6-12)26(24)25/h1-8,17H,(H,24,25)/p-1. The SMILES string of the molecule is N#Cc1c(C(F)F)nn(-c2ccc(S(=O)[O-])cc2)c1-c1ccc(F)cc1. The van der Waals surface area contributed by atoms with Gasteiger partial charge in [0.25, 0.3) is 6.43 Å². The Hall–Kier alpha value is -2.96. The molecule has 0 fully saturated rings. The lowest BCUT2D eigenvalue weighted by Crippen LogP contribution is -2.01. The van der Waals surface area contributed by atoms with Gasteiger partial charge < -0.3 is 4.55 Å². The zero-order valence-electron chi connectivity index (χ0n) is 12.9. The van der Waals surface area contributed by atoms with E-state index < -0.39 is 29.0 Å². The van der Waals surface area contributed by atoms with E-state index in [1.54, 1.807) is 6.07 Å². The highest BCUT2D eigenvalue weighted by Crippen LogP contribution is 2.33. The predicted octanol–water partition coefficient (Wildman–Crippen LogP) is 3.73. The summed E-state index contributed by atoms with van der Waals surface area (Å²) < 4.78 is 62.8. The number of alkyl halides is 2. The van der Waals surface area contributed by atoms with Crippen LogP contribution in [-0.4, -0.2) is 18.5 Å². The van der Waals surface area contributed by atoms with Crippen LogP contribution in [0.3, 0.4) is 0 Å². The largest absolute Gasteiger partial charge is 0.768 e. The number of benzene rings is 2. The molecule has 132 valence electrons. The van der Waals surface area contributed by atoms with E-state index in [1.165, 1.54) is 36.4 Å². The summed E-state index contributed by atoms with van der Waals surface area (Å²) in [6, 6.07) is 12.0. The molecule has 3 rings (SSSR count). The van der Waals surface area contributed by atoms with E-state index in [0.717, 1.165) is 16.8 Å². The van der Waals surface area contributed by atoms with Crippen LogP contribution in [0.5, 0.6) is 0 Å². The first-order valence-corrected chi connectivity index (χ1v) is 8.26. The van der Waals surface area contributed by atoms with Crippen molar-refractivity contribution < 1.29 is 21.9 Å². The third-order valence-electron chi connectivity index (χ3n) is 3.62. The zero-order valence-corrected chi connectivity index (χ0v) is 13.7. The summed E-state index contributed by atoms with van der Waals surface area (Å²) in [4.78, 5) is 0.0128. The van der Waals surface area contributed by atoms with Crippen molar-refractivity contribution in [2.45, 2.75) is 11.3 Å². The van der Waals surface area contributed by atoms with Crippen molar-refractivity contribution >= 4 is 11.1 Å². The topological polar surface area (TPSA) is 81.7 Å². The lowest BCUT2D eigenvalue weighted by molar-refractivity contribution is 0.145. The van der Waals surface area contributed by atoms with E-state index in [4.69, 9.17) is 0 Å². The molecule has 1 aromatic heterocycles. The van der Waals surface area contributed by atoms with Gasteiger partial charge in [-0.2, -0.15) is 10.4 Å². The fourth-order valence-electron chi connectivity index (χ4n) is 2.46. The molecule has 5 nitrogen and oxygen atoms in total. The van der Waals surface area contributed by atoms with Gasteiger partial charge in [0.1, 0.15) is 23.1 Å². The van der Waals surface area contributed by atoms with Gasteiger partial charge in [-0.1, -0.05) is 0 Å². The van der Waals surface area contributed by atoms with Gasteiger partial charge in [0.05, 0.1) is 11.4 Å². The number of hydrogen-bond donors (Lipinski definition) is 0. The molecule has 1 heterocycles. The second-order valence-corrected chi connectivity index (χ2v) is 6.11. The molecule has 26 heavy (non-hydrogen) atoms. The average Bonchev–Trinajstić information content (AvgIpc) is 3.02. The van der Waals surface area contributed by atoms with Crippen LogP contribution >= 0.6 is 0 Å². The van der Waals surface area contributed by atoms with Gasteiger partial charge >= 0.3 is 0 Å². The summed E-state index contributed by atoms with van der Waals surface area (Å²) in [5, 5.41) is 13.2. The van der Waals surface area contributed by atoms with Gasteiger partial charge in [0.2, 0.25) is 0 Å². The van der Waals surface area contributed by atoms with Gasteiger partial charge in [0.15, 0.2) is 0 Å². The molecule has 1 atom stereocenters. The van der Waals surface area contributed by atoms with Crippen molar-refractivity contribution in [3.05, 3.63) is 65.6 Å². The maximum atomic E-state index is 13.3. The molecule has 9 heteroatoms. The first-order valence-electron chi connectivity index (χ1n) is 7.19. The van der Waals surface area contributed by atoms with Crippen LogP contribution in [0.1, 0.15) is 17.7 Å². The fraction of sp³-hybridized carbons (Fsp3) is 0.0588. The second-order valence-electron chi connectivity index (χ2n) is 5.17. The smallest absolute Gasteiger partial charge is 0.283 e. The monoisotopic (exact) mass is 376 g/mol. The molecule has 0 bridgehead atoms. The van der Waals surface area contributed by atoms with Gasteiger partial charge in [-0.15, -0.1) is 0 Å². The van der Waals surface area contributed by atoms with Crippen LogP contribution in [0.15, 0.2) is 53.4 Å². The van der Waals surface area contributed by atoms with Crippen LogP contribution in [-0.2, 0) is 11.1 Å². The quantitative estimate of drug-likeness (QED) is 0.650. The Balaban J connectivity index is 2.25. The van der Waals surface area contributed by atoms with Crippen LogP contribution in [0.4, 0.5) is 13.2 Å². The Morgan fingerprint density at radius 3 is 2.23 bits per heavy atom. The van der Waals surface area contributed by atoms with E-state index >= 15 is 0 Å². The van der Waals surface area contributed by atoms with Crippen LogP contribution < -0.4 is 0 Å². The van der Waals surface area contributed by atoms with Crippen molar-refractivity contribution in [1.29, 1.82) is 5.26 Å². The number of nitrogens with zero attached hydrogens (tertiary/aromatic N) is 3. The van der Waals surface area contributed by atoms with Crippen molar-refractivity contribution in [3.63, 3.8) is 0 Å². The summed E-state index contributed by atoms with van der Waals surface area (Å²) in [5.41, 5.74) is -0.370. The van der Waals surface area contributed by atoms with E-state index in [1.807, 2.05) is 0 Å².